The van der Waals surface area contributed by atoms with Gasteiger partial charge in [0, 0.05) is 32.9 Å². The quantitative estimate of drug-likeness (QED) is 0.777. The molecule has 0 saturated carbocycles. The van der Waals surface area contributed by atoms with Gasteiger partial charge in [-0.15, -0.1) is 0 Å². The van der Waals surface area contributed by atoms with Gasteiger partial charge in [-0.05, 0) is 6.07 Å². The van der Waals surface area contributed by atoms with Crippen LogP contribution in [0.5, 0.6) is 0 Å². The molecule has 1 aromatic rings. The smallest absolute Gasteiger partial charge is 0.376 e. The molecular formula is C12H17N3O4. The Hall–Kier alpha value is -1.73. The molecule has 7 heteroatoms. The summed E-state index contributed by atoms with van der Waals surface area (Å²) >= 11 is 0. The van der Waals surface area contributed by atoms with Gasteiger partial charge in [-0.2, -0.15) is 0 Å². The van der Waals surface area contributed by atoms with E-state index in [1.165, 1.54) is 13.3 Å². The van der Waals surface area contributed by atoms with Gasteiger partial charge in [-0.3, -0.25) is 0 Å². The number of aromatic nitrogens is 2. The van der Waals surface area contributed by atoms with Crippen LogP contribution >= 0.6 is 0 Å². The van der Waals surface area contributed by atoms with E-state index in [0.717, 1.165) is 6.42 Å². The van der Waals surface area contributed by atoms with Crippen LogP contribution < -0.4 is 5.32 Å². The van der Waals surface area contributed by atoms with E-state index in [1.807, 2.05) is 0 Å². The average molecular weight is 267 g/mol. The number of rotatable bonds is 5. The molecule has 0 radical (unpaired) electrons. The van der Waals surface area contributed by atoms with Gasteiger partial charge in [0.1, 0.15) is 11.4 Å². The second-order valence-corrected chi connectivity index (χ2v) is 4.30. The largest absolute Gasteiger partial charge is 0.463 e. The predicted octanol–water partition coefficient (Wildman–Crippen LogP) is 0.481. The van der Waals surface area contributed by atoms with Crippen molar-refractivity contribution in [3.63, 3.8) is 0 Å². The zero-order chi connectivity index (χ0) is 13.7. The van der Waals surface area contributed by atoms with E-state index in [0.29, 0.717) is 25.6 Å². The van der Waals surface area contributed by atoms with Crippen LogP contribution in [0.2, 0.25) is 0 Å². The Morgan fingerprint density at radius 3 is 3.05 bits per heavy atom. The van der Waals surface area contributed by atoms with E-state index in [1.54, 1.807) is 13.2 Å². The fourth-order valence-electron chi connectivity index (χ4n) is 1.86. The Bertz CT molecular complexity index is 446. The minimum absolute atomic E-state index is 0.0293. The molecule has 0 bridgehead atoms. The molecule has 1 unspecified atom stereocenters. The van der Waals surface area contributed by atoms with Gasteiger partial charge < -0.3 is 19.5 Å². The monoisotopic (exact) mass is 267 g/mol. The van der Waals surface area contributed by atoms with Gasteiger partial charge >= 0.3 is 5.97 Å². The van der Waals surface area contributed by atoms with Crippen molar-refractivity contribution in [3.05, 3.63) is 18.1 Å². The zero-order valence-corrected chi connectivity index (χ0v) is 11.0. The van der Waals surface area contributed by atoms with Gasteiger partial charge in [0.05, 0.1) is 13.7 Å². The van der Waals surface area contributed by atoms with Crippen molar-refractivity contribution in [1.82, 2.24) is 9.97 Å². The van der Waals surface area contributed by atoms with Crippen molar-refractivity contribution >= 4 is 11.8 Å². The van der Waals surface area contributed by atoms with Gasteiger partial charge in [-0.1, -0.05) is 0 Å². The van der Waals surface area contributed by atoms with Gasteiger partial charge in [0.2, 0.25) is 5.82 Å². The molecule has 1 atom stereocenters. The van der Waals surface area contributed by atoms with E-state index in [4.69, 9.17) is 9.47 Å². The number of nitrogens with one attached hydrogen (secondary N) is 1. The maximum Gasteiger partial charge on any atom is 0.376 e. The molecule has 0 amide bonds. The van der Waals surface area contributed by atoms with E-state index in [-0.39, 0.29) is 11.4 Å². The van der Waals surface area contributed by atoms with Crippen molar-refractivity contribution in [2.75, 3.05) is 39.3 Å². The molecule has 1 saturated heterocycles. The number of carbonyl (C=O) groups is 1. The lowest BCUT2D eigenvalue weighted by Crippen LogP contribution is -2.39. The SMILES string of the molecule is COC(=O)c1nccc(NCC2(OC)CCOC2)n1. The highest BCUT2D eigenvalue weighted by atomic mass is 16.5. The van der Waals surface area contributed by atoms with Gasteiger partial charge in [0.15, 0.2) is 0 Å². The number of anilines is 1. The molecule has 1 aliphatic heterocycles. The Morgan fingerprint density at radius 2 is 2.42 bits per heavy atom. The minimum Gasteiger partial charge on any atom is -0.463 e. The molecule has 7 nitrogen and oxygen atoms in total. The molecule has 0 spiro atoms. The van der Waals surface area contributed by atoms with Crippen LogP contribution in [-0.2, 0) is 14.2 Å². The summed E-state index contributed by atoms with van der Waals surface area (Å²) < 4.78 is 15.4. The van der Waals surface area contributed by atoms with Gasteiger partial charge in [0.25, 0.3) is 0 Å². The highest BCUT2D eigenvalue weighted by Crippen LogP contribution is 2.22. The molecule has 1 aliphatic rings. The molecule has 1 aromatic heterocycles. The van der Waals surface area contributed by atoms with E-state index in [2.05, 4.69) is 20.0 Å². The molecule has 19 heavy (non-hydrogen) atoms. The highest BCUT2D eigenvalue weighted by Gasteiger charge is 2.34. The number of ether oxygens (including phenoxy) is 3. The van der Waals surface area contributed by atoms with Crippen molar-refractivity contribution in [2.24, 2.45) is 0 Å². The summed E-state index contributed by atoms with van der Waals surface area (Å²) in [7, 11) is 2.96. The fourth-order valence-corrected chi connectivity index (χ4v) is 1.86. The van der Waals surface area contributed by atoms with Crippen molar-refractivity contribution < 1.29 is 19.0 Å². The Morgan fingerprint density at radius 1 is 1.58 bits per heavy atom. The summed E-state index contributed by atoms with van der Waals surface area (Å²) in [6.07, 6.45) is 2.33. The molecule has 0 aliphatic carbocycles. The number of hydrogen-bond acceptors (Lipinski definition) is 7. The number of carbonyl (C=O) groups excluding carboxylic acids is 1. The van der Waals surface area contributed by atoms with Gasteiger partial charge in [-0.25, -0.2) is 14.8 Å². The van der Waals surface area contributed by atoms with Crippen LogP contribution in [-0.4, -0.2) is 55.5 Å². The standard InChI is InChI=1S/C12H17N3O4/c1-17-11(16)10-13-5-3-9(15-10)14-7-12(18-2)4-6-19-8-12/h3,5H,4,6-8H2,1-2H3,(H,13,14,15). The maximum atomic E-state index is 11.3. The molecule has 1 N–H and O–H groups in total. The number of methoxy groups -OCH3 is 2. The second-order valence-electron chi connectivity index (χ2n) is 4.30. The Balaban J connectivity index is 2.01. The Labute approximate surface area is 111 Å². The molecular weight excluding hydrogens is 250 g/mol. The normalized spacial score (nSPS) is 22.2. The van der Waals surface area contributed by atoms with E-state index in [9.17, 15) is 4.79 Å². The van der Waals surface area contributed by atoms with Crippen LogP contribution in [0, 0.1) is 0 Å². The first kappa shape index (κ1) is 13.7. The maximum absolute atomic E-state index is 11.3. The lowest BCUT2D eigenvalue weighted by Gasteiger charge is -2.26. The first-order valence-corrected chi connectivity index (χ1v) is 5.97. The lowest BCUT2D eigenvalue weighted by atomic mass is 10.0. The first-order chi connectivity index (χ1) is 9.19. The van der Waals surface area contributed by atoms with Crippen LogP contribution in [0.4, 0.5) is 5.82 Å². The fraction of sp³-hybridized carbons (Fsp3) is 0.583. The van der Waals surface area contributed by atoms with Crippen molar-refractivity contribution in [3.8, 4) is 0 Å². The summed E-state index contributed by atoms with van der Waals surface area (Å²) in [6, 6.07) is 1.69. The molecule has 1 fully saturated rings. The number of nitrogens with zero attached hydrogens (tertiary/aromatic N) is 2. The third-order valence-electron chi connectivity index (χ3n) is 3.12. The van der Waals surface area contributed by atoms with Crippen LogP contribution in [0.25, 0.3) is 0 Å². The van der Waals surface area contributed by atoms with E-state index >= 15 is 0 Å². The third-order valence-corrected chi connectivity index (χ3v) is 3.12. The number of hydrogen-bond donors (Lipinski definition) is 1. The average Bonchev–Trinajstić information content (AvgIpc) is 2.94. The zero-order valence-electron chi connectivity index (χ0n) is 11.0. The number of esters is 1. The summed E-state index contributed by atoms with van der Waals surface area (Å²) in [6.45, 7) is 1.79. The third kappa shape index (κ3) is 3.18. The summed E-state index contributed by atoms with van der Waals surface area (Å²) in [4.78, 5) is 19.2. The highest BCUT2D eigenvalue weighted by molar-refractivity contribution is 5.85. The Kier molecular flexibility index (Phi) is 4.28. The second kappa shape index (κ2) is 5.94. The molecule has 104 valence electrons. The predicted molar refractivity (Wildman–Crippen MR) is 67.0 cm³/mol. The van der Waals surface area contributed by atoms with Crippen molar-refractivity contribution in [2.45, 2.75) is 12.0 Å². The lowest BCUT2D eigenvalue weighted by molar-refractivity contribution is -0.00625. The van der Waals surface area contributed by atoms with Crippen LogP contribution in [0.3, 0.4) is 0 Å². The van der Waals surface area contributed by atoms with Crippen LogP contribution in [0.15, 0.2) is 12.3 Å². The molecule has 2 rings (SSSR count). The molecule has 2 heterocycles. The molecule has 0 aromatic carbocycles. The van der Waals surface area contributed by atoms with E-state index < -0.39 is 5.97 Å². The van der Waals surface area contributed by atoms with Crippen LogP contribution in [0.1, 0.15) is 17.0 Å². The first-order valence-electron chi connectivity index (χ1n) is 5.97. The van der Waals surface area contributed by atoms with Crippen molar-refractivity contribution in [1.29, 1.82) is 0 Å². The summed E-state index contributed by atoms with van der Waals surface area (Å²) in [5, 5.41) is 3.13. The summed E-state index contributed by atoms with van der Waals surface area (Å²) in [5.41, 5.74) is -0.337. The minimum atomic E-state index is -0.561. The summed E-state index contributed by atoms with van der Waals surface area (Å²) in [5.74, 6) is 0.0228. The topological polar surface area (TPSA) is 82.6 Å².